The highest BCUT2D eigenvalue weighted by Gasteiger charge is 2.06. The minimum absolute atomic E-state index is 0.546. The van der Waals surface area contributed by atoms with Crippen LogP contribution in [0.2, 0.25) is 0 Å². The highest BCUT2D eigenvalue weighted by molar-refractivity contribution is 5.40. The van der Waals surface area contributed by atoms with E-state index >= 15 is 0 Å². The molecule has 0 unspecified atom stereocenters. The van der Waals surface area contributed by atoms with Crippen LogP contribution in [0.3, 0.4) is 0 Å². The first kappa shape index (κ1) is 13.7. The summed E-state index contributed by atoms with van der Waals surface area (Å²) in [6, 6.07) is 1.80. The van der Waals surface area contributed by atoms with Crippen LogP contribution in [0, 0.1) is 6.92 Å². The number of nitrogens with zero attached hydrogens (tertiary/aromatic N) is 3. The van der Waals surface area contributed by atoms with E-state index in [1.165, 1.54) is 0 Å². The topological polar surface area (TPSA) is 73.5 Å². The van der Waals surface area contributed by atoms with Gasteiger partial charge in [0.1, 0.15) is 11.6 Å². The second-order valence-electron chi connectivity index (χ2n) is 3.64. The fourth-order valence-electron chi connectivity index (χ4n) is 1.33. The Morgan fingerprint density at radius 2 is 2.12 bits per heavy atom. The number of anilines is 1. The molecule has 0 saturated heterocycles. The smallest absolute Gasteiger partial charge is 0.218 e. The molecule has 1 heterocycles. The summed E-state index contributed by atoms with van der Waals surface area (Å²) in [7, 11) is 3.54. The molecule has 6 nitrogen and oxygen atoms in total. The maximum absolute atomic E-state index is 5.34. The van der Waals surface area contributed by atoms with Crippen molar-refractivity contribution in [3.05, 3.63) is 11.9 Å². The minimum atomic E-state index is 0.546. The summed E-state index contributed by atoms with van der Waals surface area (Å²) in [4.78, 5) is 10.5. The van der Waals surface area contributed by atoms with Gasteiger partial charge in [-0.25, -0.2) is 4.98 Å². The van der Waals surface area contributed by atoms with Crippen molar-refractivity contribution in [2.75, 3.05) is 45.4 Å². The van der Waals surface area contributed by atoms with Crippen LogP contribution in [0.15, 0.2) is 6.07 Å². The molecule has 0 fully saturated rings. The molecular weight excluding hydrogens is 220 g/mol. The normalized spacial score (nSPS) is 10.4. The number of ether oxygens (including phenoxy) is 2. The van der Waals surface area contributed by atoms with Crippen LogP contribution in [0.25, 0.3) is 0 Å². The number of methoxy groups -OCH3 is 1. The van der Waals surface area contributed by atoms with Crippen molar-refractivity contribution in [2.24, 2.45) is 5.73 Å². The molecule has 0 radical (unpaired) electrons. The molecule has 1 aromatic heterocycles. The largest absolute Gasteiger partial charge is 0.481 e. The average Bonchev–Trinajstić information content (AvgIpc) is 2.33. The Labute approximate surface area is 102 Å². The fourth-order valence-corrected chi connectivity index (χ4v) is 1.33. The van der Waals surface area contributed by atoms with Crippen molar-refractivity contribution in [1.82, 2.24) is 9.97 Å². The van der Waals surface area contributed by atoms with E-state index in [2.05, 4.69) is 9.97 Å². The van der Waals surface area contributed by atoms with E-state index in [0.717, 1.165) is 12.4 Å². The Hall–Kier alpha value is -1.40. The monoisotopic (exact) mass is 240 g/mol. The molecule has 0 atom stereocenters. The number of aryl methyl sites for hydroxylation is 1. The van der Waals surface area contributed by atoms with Crippen LogP contribution in [-0.4, -0.2) is 50.4 Å². The Morgan fingerprint density at radius 3 is 2.76 bits per heavy atom. The highest BCUT2D eigenvalue weighted by atomic mass is 16.5. The lowest BCUT2D eigenvalue weighted by molar-refractivity contribution is 0.148. The van der Waals surface area contributed by atoms with Gasteiger partial charge >= 0.3 is 0 Å². The summed E-state index contributed by atoms with van der Waals surface area (Å²) in [5.41, 5.74) is 5.34. The third kappa shape index (κ3) is 4.54. The van der Waals surface area contributed by atoms with Gasteiger partial charge in [0.15, 0.2) is 0 Å². The Kier molecular flexibility index (Phi) is 5.65. The maximum Gasteiger partial charge on any atom is 0.218 e. The summed E-state index contributed by atoms with van der Waals surface area (Å²) in [6.07, 6.45) is 0. The van der Waals surface area contributed by atoms with Crippen molar-refractivity contribution < 1.29 is 9.47 Å². The van der Waals surface area contributed by atoms with Gasteiger partial charge in [-0.1, -0.05) is 0 Å². The summed E-state index contributed by atoms with van der Waals surface area (Å²) >= 11 is 0. The zero-order valence-corrected chi connectivity index (χ0v) is 10.6. The number of nitrogens with two attached hydrogens (primary N) is 1. The van der Waals surface area contributed by atoms with E-state index in [9.17, 15) is 0 Å². The number of rotatable bonds is 7. The van der Waals surface area contributed by atoms with Crippen LogP contribution >= 0.6 is 0 Å². The summed E-state index contributed by atoms with van der Waals surface area (Å²) in [5.74, 6) is 2.09. The van der Waals surface area contributed by atoms with E-state index in [4.69, 9.17) is 15.2 Å². The molecule has 0 bridgehead atoms. The standard InChI is InChI=1S/C11H20N4O2/c1-9-13-10(8-11(14-9)16-3)15(2)5-7-17-6-4-12/h8H,4-7,12H2,1-3H3. The Morgan fingerprint density at radius 1 is 1.35 bits per heavy atom. The van der Waals surface area contributed by atoms with Crippen LogP contribution < -0.4 is 15.4 Å². The summed E-state index contributed by atoms with van der Waals surface area (Å²) < 4.78 is 10.4. The molecule has 0 spiro atoms. The second kappa shape index (κ2) is 7.03. The molecular formula is C11H20N4O2. The third-order valence-electron chi connectivity index (χ3n) is 2.23. The molecule has 0 amide bonds. The van der Waals surface area contributed by atoms with Crippen LogP contribution in [0.1, 0.15) is 5.82 Å². The first-order valence-electron chi connectivity index (χ1n) is 5.56. The van der Waals surface area contributed by atoms with Gasteiger partial charge in [-0.15, -0.1) is 0 Å². The maximum atomic E-state index is 5.34. The number of hydrogen-bond acceptors (Lipinski definition) is 6. The van der Waals surface area contributed by atoms with E-state index in [1.54, 1.807) is 13.2 Å². The Balaban J connectivity index is 2.55. The van der Waals surface area contributed by atoms with Crippen LogP contribution in [-0.2, 0) is 4.74 Å². The van der Waals surface area contributed by atoms with Crippen LogP contribution in [0.5, 0.6) is 5.88 Å². The van der Waals surface area contributed by atoms with Gasteiger partial charge in [0.2, 0.25) is 5.88 Å². The van der Waals surface area contributed by atoms with Gasteiger partial charge in [0, 0.05) is 26.2 Å². The molecule has 1 aromatic rings. The molecule has 2 N–H and O–H groups in total. The number of hydrogen-bond donors (Lipinski definition) is 1. The first-order valence-corrected chi connectivity index (χ1v) is 5.56. The molecule has 0 aromatic carbocycles. The average molecular weight is 240 g/mol. The zero-order valence-electron chi connectivity index (χ0n) is 10.6. The predicted octanol–water partition coefficient (Wildman–Crippen LogP) is 0.205. The summed E-state index contributed by atoms with van der Waals surface area (Å²) in [6.45, 7) is 4.34. The predicted molar refractivity (Wildman–Crippen MR) is 66.5 cm³/mol. The minimum Gasteiger partial charge on any atom is -0.481 e. The molecule has 17 heavy (non-hydrogen) atoms. The van der Waals surface area contributed by atoms with Gasteiger partial charge in [-0.2, -0.15) is 4.98 Å². The van der Waals surface area contributed by atoms with E-state index in [-0.39, 0.29) is 0 Å². The van der Waals surface area contributed by atoms with E-state index in [0.29, 0.717) is 31.5 Å². The lowest BCUT2D eigenvalue weighted by Gasteiger charge is -2.18. The quantitative estimate of drug-likeness (QED) is 0.687. The molecule has 0 aliphatic carbocycles. The number of aromatic nitrogens is 2. The first-order chi connectivity index (χ1) is 8.17. The fraction of sp³-hybridized carbons (Fsp3) is 0.636. The lowest BCUT2D eigenvalue weighted by Crippen LogP contribution is -2.25. The van der Waals surface area contributed by atoms with Crippen molar-refractivity contribution in [3.63, 3.8) is 0 Å². The molecule has 1 rings (SSSR count). The van der Waals surface area contributed by atoms with Crippen molar-refractivity contribution in [1.29, 1.82) is 0 Å². The van der Waals surface area contributed by atoms with Gasteiger partial charge in [-0.05, 0) is 6.92 Å². The SMILES string of the molecule is COc1cc(N(C)CCOCCN)nc(C)n1. The molecule has 0 aliphatic rings. The number of likely N-dealkylation sites (N-methyl/N-ethyl adjacent to an activating group) is 1. The Bertz CT molecular complexity index is 346. The van der Waals surface area contributed by atoms with Crippen molar-refractivity contribution >= 4 is 5.82 Å². The van der Waals surface area contributed by atoms with Gasteiger partial charge in [-0.3, -0.25) is 0 Å². The molecule has 0 aliphatic heterocycles. The molecule has 96 valence electrons. The second-order valence-corrected chi connectivity index (χ2v) is 3.64. The van der Waals surface area contributed by atoms with E-state index in [1.807, 2.05) is 18.9 Å². The van der Waals surface area contributed by atoms with Crippen molar-refractivity contribution in [2.45, 2.75) is 6.92 Å². The highest BCUT2D eigenvalue weighted by Crippen LogP contribution is 2.15. The third-order valence-corrected chi connectivity index (χ3v) is 2.23. The van der Waals surface area contributed by atoms with Gasteiger partial charge < -0.3 is 20.1 Å². The van der Waals surface area contributed by atoms with Crippen molar-refractivity contribution in [3.8, 4) is 5.88 Å². The summed E-state index contributed by atoms with van der Waals surface area (Å²) in [5, 5.41) is 0. The lowest BCUT2D eigenvalue weighted by atomic mass is 10.4. The van der Waals surface area contributed by atoms with E-state index < -0.39 is 0 Å². The molecule has 6 heteroatoms. The molecule has 0 saturated carbocycles. The van der Waals surface area contributed by atoms with Gasteiger partial charge in [0.05, 0.1) is 20.3 Å². The van der Waals surface area contributed by atoms with Gasteiger partial charge in [0.25, 0.3) is 0 Å². The zero-order chi connectivity index (χ0) is 12.7. The van der Waals surface area contributed by atoms with Crippen LogP contribution in [0.4, 0.5) is 5.82 Å².